The summed E-state index contributed by atoms with van der Waals surface area (Å²) in [6.07, 6.45) is 6.93. The SMILES string of the molecule is C#CCOc1cccc(-c2nc3ncccc3[nH]2)c1OC. The summed E-state index contributed by atoms with van der Waals surface area (Å²) in [7, 11) is 1.59. The fraction of sp³-hybridized carbons (Fsp3) is 0.125. The summed E-state index contributed by atoms with van der Waals surface area (Å²) in [6, 6.07) is 9.35. The monoisotopic (exact) mass is 279 g/mol. The van der Waals surface area contributed by atoms with E-state index < -0.39 is 0 Å². The molecule has 0 spiro atoms. The molecule has 0 amide bonds. The van der Waals surface area contributed by atoms with Crippen LogP contribution in [0.4, 0.5) is 0 Å². The second-order valence-corrected chi connectivity index (χ2v) is 4.29. The van der Waals surface area contributed by atoms with E-state index in [2.05, 4.69) is 20.9 Å². The lowest BCUT2D eigenvalue weighted by Gasteiger charge is -2.11. The number of fused-ring (bicyclic) bond motifs is 1. The van der Waals surface area contributed by atoms with E-state index in [1.165, 1.54) is 0 Å². The average molecular weight is 279 g/mol. The number of aromatic nitrogens is 3. The highest BCUT2D eigenvalue weighted by Gasteiger charge is 2.15. The molecule has 3 aromatic rings. The van der Waals surface area contributed by atoms with Crippen LogP contribution in [0, 0.1) is 12.3 Å². The molecule has 5 nitrogen and oxygen atoms in total. The number of H-pyrrole nitrogens is 1. The first kappa shape index (κ1) is 13.0. The fourth-order valence-electron chi connectivity index (χ4n) is 2.12. The van der Waals surface area contributed by atoms with Gasteiger partial charge in [-0.1, -0.05) is 12.0 Å². The number of pyridine rings is 1. The maximum atomic E-state index is 5.50. The van der Waals surface area contributed by atoms with Gasteiger partial charge in [0.05, 0.1) is 18.2 Å². The summed E-state index contributed by atoms with van der Waals surface area (Å²) >= 11 is 0. The molecule has 0 bridgehead atoms. The van der Waals surface area contributed by atoms with Crippen LogP contribution in [0.1, 0.15) is 0 Å². The molecule has 104 valence electrons. The van der Waals surface area contributed by atoms with Crippen molar-refractivity contribution >= 4 is 11.2 Å². The van der Waals surface area contributed by atoms with E-state index in [0.29, 0.717) is 23.0 Å². The number of aromatic amines is 1. The molecule has 0 aliphatic rings. The van der Waals surface area contributed by atoms with Crippen molar-refractivity contribution in [2.24, 2.45) is 0 Å². The van der Waals surface area contributed by atoms with Crippen molar-refractivity contribution in [2.45, 2.75) is 0 Å². The van der Waals surface area contributed by atoms with Gasteiger partial charge in [-0.05, 0) is 24.3 Å². The van der Waals surface area contributed by atoms with Crippen molar-refractivity contribution < 1.29 is 9.47 Å². The Morgan fingerprint density at radius 2 is 2.19 bits per heavy atom. The summed E-state index contributed by atoms with van der Waals surface area (Å²) in [5, 5.41) is 0. The van der Waals surface area contributed by atoms with E-state index in [-0.39, 0.29) is 6.61 Å². The Hall–Kier alpha value is -3.00. The van der Waals surface area contributed by atoms with Gasteiger partial charge in [0.2, 0.25) is 0 Å². The minimum absolute atomic E-state index is 0.182. The highest BCUT2D eigenvalue weighted by molar-refractivity contribution is 5.78. The smallest absolute Gasteiger partial charge is 0.178 e. The Labute approximate surface area is 122 Å². The molecule has 0 saturated carbocycles. The number of hydrogen-bond acceptors (Lipinski definition) is 4. The van der Waals surface area contributed by atoms with Crippen LogP contribution in [-0.4, -0.2) is 28.7 Å². The maximum Gasteiger partial charge on any atom is 0.178 e. The number of rotatable bonds is 4. The van der Waals surface area contributed by atoms with E-state index in [0.717, 1.165) is 11.1 Å². The molecule has 0 aliphatic carbocycles. The Kier molecular flexibility index (Phi) is 3.44. The van der Waals surface area contributed by atoms with Crippen molar-refractivity contribution in [3.63, 3.8) is 0 Å². The predicted molar refractivity (Wildman–Crippen MR) is 80.2 cm³/mol. The van der Waals surface area contributed by atoms with Crippen LogP contribution in [-0.2, 0) is 0 Å². The Bertz CT molecular complexity index is 785. The highest BCUT2D eigenvalue weighted by atomic mass is 16.5. The van der Waals surface area contributed by atoms with Gasteiger partial charge in [0.15, 0.2) is 17.1 Å². The molecule has 0 saturated heterocycles. The molecule has 0 atom stereocenters. The van der Waals surface area contributed by atoms with Gasteiger partial charge in [0.1, 0.15) is 12.4 Å². The molecule has 1 aromatic carbocycles. The summed E-state index contributed by atoms with van der Waals surface area (Å²) in [5.41, 5.74) is 2.32. The van der Waals surface area contributed by atoms with Crippen LogP contribution in [0.25, 0.3) is 22.6 Å². The first-order valence-corrected chi connectivity index (χ1v) is 6.38. The number of para-hydroxylation sites is 1. The lowest BCUT2D eigenvalue weighted by Crippen LogP contribution is -1.98. The zero-order valence-corrected chi connectivity index (χ0v) is 11.5. The van der Waals surface area contributed by atoms with Crippen molar-refractivity contribution in [1.29, 1.82) is 0 Å². The molecule has 2 heterocycles. The van der Waals surface area contributed by atoms with Crippen LogP contribution in [0.3, 0.4) is 0 Å². The molecular formula is C16H13N3O2. The second kappa shape index (κ2) is 5.55. The molecule has 0 fully saturated rings. The Balaban J connectivity index is 2.10. The van der Waals surface area contributed by atoms with Gasteiger partial charge in [-0.3, -0.25) is 0 Å². The average Bonchev–Trinajstić information content (AvgIpc) is 2.96. The summed E-state index contributed by atoms with van der Waals surface area (Å²) in [5.74, 6) is 4.28. The number of imidazole rings is 1. The lowest BCUT2D eigenvalue weighted by molar-refractivity contribution is 0.332. The topological polar surface area (TPSA) is 60.0 Å². The van der Waals surface area contributed by atoms with E-state index in [9.17, 15) is 0 Å². The third kappa shape index (κ3) is 2.39. The molecule has 0 radical (unpaired) electrons. The Morgan fingerprint density at radius 3 is 2.95 bits per heavy atom. The molecule has 3 rings (SSSR count). The van der Waals surface area contributed by atoms with E-state index in [4.69, 9.17) is 15.9 Å². The maximum absolute atomic E-state index is 5.50. The van der Waals surface area contributed by atoms with Gasteiger partial charge < -0.3 is 14.5 Å². The Morgan fingerprint density at radius 1 is 1.29 bits per heavy atom. The van der Waals surface area contributed by atoms with E-state index in [1.807, 2.05) is 24.3 Å². The molecule has 5 heteroatoms. The highest BCUT2D eigenvalue weighted by Crippen LogP contribution is 2.37. The second-order valence-electron chi connectivity index (χ2n) is 4.29. The van der Waals surface area contributed by atoms with Crippen LogP contribution in [0.2, 0.25) is 0 Å². The molecule has 2 aromatic heterocycles. The standard InChI is InChI=1S/C16H13N3O2/c1-3-10-21-13-8-4-6-11(14(13)20-2)15-18-12-7-5-9-17-16(12)19-15/h1,4-9H,10H2,2H3,(H,17,18,19). The minimum Gasteiger partial charge on any atom is -0.492 e. The summed E-state index contributed by atoms with van der Waals surface area (Å²) in [6.45, 7) is 0.182. The van der Waals surface area contributed by atoms with Crippen molar-refractivity contribution in [3.05, 3.63) is 36.5 Å². The molecule has 21 heavy (non-hydrogen) atoms. The lowest BCUT2D eigenvalue weighted by atomic mass is 10.1. The number of nitrogens with one attached hydrogen (secondary N) is 1. The number of terminal acetylenes is 1. The van der Waals surface area contributed by atoms with Crippen molar-refractivity contribution in [2.75, 3.05) is 13.7 Å². The van der Waals surface area contributed by atoms with Crippen molar-refractivity contribution in [3.8, 4) is 35.2 Å². The van der Waals surface area contributed by atoms with Gasteiger partial charge in [-0.25, -0.2) is 9.97 Å². The number of hydrogen-bond donors (Lipinski definition) is 1. The zero-order valence-electron chi connectivity index (χ0n) is 11.5. The summed E-state index contributed by atoms with van der Waals surface area (Å²) < 4.78 is 10.9. The number of methoxy groups -OCH3 is 1. The number of nitrogens with zero attached hydrogens (tertiary/aromatic N) is 2. The van der Waals surface area contributed by atoms with Gasteiger partial charge in [0, 0.05) is 6.20 Å². The van der Waals surface area contributed by atoms with Crippen LogP contribution >= 0.6 is 0 Å². The van der Waals surface area contributed by atoms with Crippen LogP contribution in [0.15, 0.2) is 36.5 Å². The van der Waals surface area contributed by atoms with Crippen molar-refractivity contribution in [1.82, 2.24) is 15.0 Å². The third-order valence-corrected chi connectivity index (χ3v) is 3.01. The fourth-order valence-corrected chi connectivity index (χ4v) is 2.12. The van der Waals surface area contributed by atoms with Crippen LogP contribution in [0.5, 0.6) is 11.5 Å². The largest absolute Gasteiger partial charge is 0.492 e. The number of benzene rings is 1. The zero-order chi connectivity index (χ0) is 14.7. The molecule has 0 unspecified atom stereocenters. The molecule has 0 aliphatic heterocycles. The quantitative estimate of drug-likeness (QED) is 0.746. The predicted octanol–water partition coefficient (Wildman–Crippen LogP) is 2.65. The summed E-state index contributed by atoms with van der Waals surface area (Å²) in [4.78, 5) is 11.9. The van der Waals surface area contributed by atoms with Gasteiger partial charge in [0.25, 0.3) is 0 Å². The van der Waals surface area contributed by atoms with Gasteiger partial charge >= 0.3 is 0 Å². The first-order chi connectivity index (χ1) is 10.3. The van der Waals surface area contributed by atoms with E-state index >= 15 is 0 Å². The first-order valence-electron chi connectivity index (χ1n) is 6.38. The third-order valence-electron chi connectivity index (χ3n) is 3.01. The molecular weight excluding hydrogens is 266 g/mol. The minimum atomic E-state index is 0.182. The van der Waals surface area contributed by atoms with Crippen LogP contribution < -0.4 is 9.47 Å². The van der Waals surface area contributed by atoms with E-state index in [1.54, 1.807) is 19.4 Å². The molecule has 1 N–H and O–H groups in total. The number of ether oxygens (including phenoxy) is 2. The van der Waals surface area contributed by atoms with Gasteiger partial charge in [-0.15, -0.1) is 6.42 Å². The normalized spacial score (nSPS) is 10.3. The van der Waals surface area contributed by atoms with Gasteiger partial charge in [-0.2, -0.15) is 0 Å².